The third kappa shape index (κ3) is 4.80. The largest absolute Gasteiger partial charge is 0.507 e. The number of ether oxygens (including phenoxy) is 2. The Balaban J connectivity index is 1.56. The van der Waals surface area contributed by atoms with E-state index in [0.717, 1.165) is 24.3 Å². The van der Waals surface area contributed by atoms with Gasteiger partial charge in [-0.15, -0.1) is 0 Å². The van der Waals surface area contributed by atoms with Gasteiger partial charge in [-0.1, -0.05) is 6.07 Å². The molecule has 1 aliphatic heterocycles. The van der Waals surface area contributed by atoms with E-state index in [1.165, 1.54) is 19.1 Å². The Labute approximate surface area is 163 Å². The number of hydrogen-bond acceptors (Lipinski definition) is 6. The highest BCUT2D eigenvalue weighted by Gasteiger charge is 2.21. The number of esters is 1. The van der Waals surface area contributed by atoms with Crippen LogP contribution in [0.25, 0.3) is 0 Å². The lowest BCUT2D eigenvalue weighted by Crippen LogP contribution is -2.36. The van der Waals surface area contributed by atoms with Crippen LogP contribution in [0.5, 0.6) is 5.75 Å². The minimum absolute atomic E-state index is 0.0279. The first-order valence-corrected chi connectivity index (χ1v) is 9.18. The van der Waals surface area contributed by atoms with Crippen molar-refractivity contribution in [1.29, 1.82) is 0 Å². The van der Waals surface area contributed by atoms with Gasteiger partial charge in [0.1, 0.15) is 11.3 Å². The number of phenolic OH excluding ortho intramolecular Hbond substituents is 1. The summed E-state index contributed by atoms with van der Waals surface area (Å²) in [5.74, 6) is -1.36. The number of nitrogens with one attached hydrogen (secondary N) is 1. The number of phenols is 1. The average molecular weight is 384 g/mol. The predicted molar refractivity (Wildman–Crippen MR) is 106 cm³/mol. The van der Waals surface area contributed by atoms with Crippen molar-refractivity contribution < 1.29 is 24.2 Å². The maximum absolute atomic E-state index is 12.3. The Morgan fingerprint density at radius 3 is 2.46 bits per heavy atom. The first kappa shape index (κ1) is 19.7. The second-order valence-electron chi connectivity index (χ2n) is 6.70. The van der Waals surface area contributed by atoms with Gasteiger partial charge in [-0.25, -0.2) is 4.79 Å². The van der Waals surface area contributed by atoms with Crippen LogP contribution in [0.4, 0.5) is 11.4 Å². The van der Waals surface area contributed by atoms with Crippen LogP contribution in [0.1, 0.15) is 22.8 Å². The van der Waals surface area contributed by atoms with E-state index >= 15 is 0 Å². The van der Waals surface area contributed by atoms with Crippen molar-refractivity contribution in [2.75, 3.05) is 36.5 Å². The normalized spacial score (nSPS) is 15.0. The number of carbonyl (C=O) groups is 2. The van der Waals surface area contributed by atoms with Crippen molar-refractivity contribution in [3.63, 3.8) is 0 Å². The van der Waals surface area contributed by atoms with Crippen LogP contribution in [0.2, 0.25) is 0 Å². The van der Waals surface area contributed by atoms with Crippen LogP contribution in [0.15, 0.2) is 42.5 Å². The maximum atomic E-state index is 12.3. The smallest absolute Gasteiger partial charge is 0.342 e. The topological polar surface area (TPSA) is 88.1 Å². The number of nitrogens with zero attached hydrogens (tertiary/aromatic N) is 1. The van der Waals surface area contributed by atoms with Gasteiger partial charge in [0.15, 0.2) is 6.10 Å². The van der Waals surface area contributed by atoms with Gasteiger partial charge in [0, 0.05) is 24.5 Å². The number of aryl methyl sites for hydroxylation is 1. The summed E-state index contributed by atoms with van der Waals surface area (Å²) in [6.07, 6.45) is -1.01. The predicted octanol–water partition coefficient (Wildman–Crippen LogP) is 2.72. The lowest BCUT2D eigenvalue weighted by atomic mass is 10.1. The molecule has 0 unspecified atom stereocenters. The van der Waals surface area contributed by atoms with Crippen molar-refractivity contribution in [2.45, 2.75) is 20.0 Å². The van der Waals surface area contributed by atoms with Crippen LogP contribution in [0, 0.1) is 6.92 Å². The fourth-order valence-electron chi connectivity index (χ4n) is 2.91. The standard InChI is InChI=1S/C21H24N2O5/c1-14-3-8-18(19(24)13-14)21(26)28-15(2)20(25)22-16-4-6-17(7-5-16)23-9-11-27-12-10-23/h3-8,13,15,24H,9-12H2,1-2H3,(H,22,25)/t15-/m1/s1. The first-order valence-electron chi connectivity index (χ1n) is 9.18. The molecule has 0 radical (unpaired) electrons. The fraction of sp³-hybridized carbons (Fsp3) is 0.333. The van der Waals surface area contributed by atoms with E-state index in [1.54, 1.807) is 13.0 Å². The Kier molecular flexibility index (Phi) is 6.16. The van der Waals surface area contributed by atoms with Crippen molar-refractivity contribution in [2.24, 2.45) is 0 Å². The van der Waals surface area contributed by atoms with E-state index in [2.05, 4.69) is 10.2 Å². The summed E-state index contributed by atoms with van der Waals surface area (Å²) in [6, 6.07) is 12.1. The van der Waals surface area contributed by atoms with Crippen molar-refractivity contribution in [3.05, 3.63) is 53.6 Å². The van der Waals surface area contributed by atoms with Gasteiger partial charge in [-0.2, -0.15) is 0 Å². The molecule has 2 aromatic rings. The molecule has 0 spiro atoms. The third-order valence-electron chi connectivity index (χ3n) is 4.54. The zero-order valence-corrected chi connectivity index (χ0v) is 16.0. The summed E-state index contributed by atoms with van der Waals surface area (Å²) in [7, 11) is 0. The molecule has 0 bridgehead atoms. The van der Waals surface area contributed by atoms with Gasteiger partial charge in [-0.3, -0.25) is 4.79 Å². The average Bonchev–Trinajstić information content (AvgIpc) is 2.69. The van der Waals surface area contributed by atoms with Crippen molar-refractivity contribution >= 4 is 23.3 Å². The minimum atomic E-state index is -1.01. The van der Waals surface area contributed by atoms with Gasteiger partial charge < -0.3 is 24.8 Å². The molecule has 1 aliphatic rings. The molecule has 7 nitrogen and oxygen atoms in total. The molecule has 1 saturated heterocycles. The molecule has 1 fully saturated rings. The fourth-order valence-corrected chi connectivity index (χ4v) is 2.91. The number of amides is 1. The lowest BCUT2D eigenvalue weighted by Gasteiger charge is -2.28. The molecule has 1 heterocycles. The maximum Gasteiger partial charge on any atom is 0.342 e. The number of hydrogen-bond donors (Lipinski definition) is 2. The highest BCUT2D eigenvalue weighted by Crippen LogP contribution is 2.21. The van der Waals surface area contributed by atoms with Crippen LogP contribution in [-0.2, 0) is 14.3 Å². The first-order chi connectivity index (χ1) is 13.4. The number of benzene rings is 2. The van der Waals surface area contributed by atoms with Gasteiger partial charge in [0.05, 0.1) is 13.2 Å². The van der Waals surface area contributed by atoms with Crippen molar-refractivity contribution in [1.82, 2.24) is 0 Å². The van der Waals surface area contributed by atoms with E-state index in [-0.39, 0.29) is 11.3 Å². The number of rotatable bonds is 5. The highest BCUT2D eigenvalue weighted by molar-refractivity contribution is 5.98. The van der Waals surface area contributed by atoms with E-state index in [1.807, 2.05) is 24.3 Å². The van der Waals surface area contributed by atoms with Gasteiger partial charge in [-0.05, 0) is 55.8 Å². The van der Waals surface area contributed by atoms with Crippen LogP contribution in [-0.4, -0.2) is 49.4 Å². The van der Waals surface area contributed by atoms with E-state index in [0.29, 0.717) is 18.9 Å². The molecule has 1 atom stereocenters. The Morgan fingerprint density at radius 1 is 1.14 bits per heavy atom. The molecule has 0 saturated carbocycles. The zero-order chi connectivity index (χ0) is 20.1. The van der Waals surface area contributed by atoms with E-state index in [4.69, 9.17) is 9.47 Å². The van der Waals surface area contributed by atoms with Crippen molar-refractivity contribution in [3.8, 4) is 5.75 Å². The molecular weight excluding hydrogens is 360 g/mol. The third-order valence-corrected chi connectivity index (χ3v) is 4.54. The molecule has 0 aromatic heterocycles. The molecule has 148 valence electrons. The number of morpholine rings is 1. The van der Waals surface area contributed by atoms with Gasteiger partial charge >= 0.3 is 5.97 Å². The van der Waals surface area contributed by atoms with Gasteiger partial charge in [0.2, 0.25) is 0 Å². The molecule has 28 heavy (non-hydrogen) atoms. The molecule has 2 aromatic carbocycles. The summed E-state index contributed by atoms with van der Waals surface area (Å²) in [5, 5.41) is 12.6. The Hall–Kier alpha value is -3.06. The molecule has 2 N–H and O–H groups in total. The van der Waals surface area contributed by atoms with Crippen LogP contribution >= 0.6 is 0 Å². The minimum Gasteiger partial charge on any atom is -0.507 e. The Morgan fingerprint density at radius 2 is 1.82 bits per heavy atom. The lowest BCUT2D eigenvalue weighted by molar-refractivity contribution is -0.123. The zero-order valence-electron chi connectivity index (χ0n) is 16.0. The monoisotopic (exact) mass is 384 g/mol. The Bertz CT molecular complexity index is 844. The molecule has 0 aliphatic carbocycles. The SMILES string of the molecule is Cc1ccc(C(=O)O[C@H](C)C(=O)Nc2ccc(N3CCOCC3)cc2)c(O)c1. The summed E-state index contributed by atoms with van der Waals surface area (Å²) >= 11 is 0. The quantitative estimate of drug-likeness (QED) is 0.771. The highest BCUT2D eigenvalue weighted by atomic mass is 16.5. The second-order valence-corrected chi connectivity index (χ2v) is 6.70. The second kappa shape index (κ2) is 8.75. The summed E-state index contributed by atoms with van der Waals surface area (Å²) < 4.78 is 10.5. The number of carbonyl (C=O) groups excluding carboxylic acids is 2. The molecule has 1 amide bonds. The molecule has 3 rings (SSSR count). The van der Waals surface area contributed by atoms with E-state index in [9.17, 15) is 14.7 Å². The van der Waals surface area contributed by atoms with E-state index < -0.39 is 18.0 Å². The molecule has 7 heteroatoms. The summed E-state index contributed by atoms with van der Waals surface area (Å²) in [6.45, 7) is 6.38. The van der Waals surface area contributed by atoms with Crippen LogP contribution in [0.3, 0.4) is 0 Å². The summed E-state index contributed by atoms with van der Waals surface area (Å²) in [4.78, 5) is 26.7. The van der Waals surface area contributed by atoms with Crippen LogP contribution < -0.4 is 10.2 Å². The van der Waals surface area contributed by atoms with Gasteiger partial charge in [0.25, 0.3) is 5.91 Å². The number of aromatic hydroxyl groups is 1. The molecular formula is C21H24N2O5. The number of anilines is 2. The summed E-state index contributed by atoms with van der Waals surface area (Å²) in [5.41, 5.74) is 2.53.